The van der Waals surface area contributed by atoms with Crippen molar-refractivity contribution < 1.29 is 68.1 Å². The molecule has 0 fully saturated rings. The van der Waals surface area contributed by atoms with Gasteiger partial charge < -0.3 is 30.2 Å². The number of nitrogens with zero attached hydrogens (tertiary/aromatic N) is 3. The van der Waals surface area contributed by atoms with E-state index in [1.165, 1.54) is 47.6 Å². The number of fused-ring (bicyclic) bond motifs is 1. The summed E-state index contributed by atoms with van der Waals surface area (Å²) in [6.07, 6.45) is -11.9. The van der Waals surface area contributed by atoms with Crippen molar-refractivity contribution in [2.45, 2.75) is 31.4 Å². The van der Waals surface area contributed by atoms with Gasteiger partial charge in [-0.25, -0.2) is 19.6 Å². The van der Waals surface area contributed by atoms with Crippen molar-refractivity contribution in [1.82, 2.24) is 20.2 Å². The first-order valence-corrected chi connectivity index (χ1v) is 16.4. The van der Waals surface area contributed by atoms with Crippen LogP contribution in [0.25, 0.3) is 6.08 Å². The largest absolute Gasteiger partial charge is 0.490 e. The van der Waals surface area contributed by atoms with Crippen LogP contribution in [0.15, 0.2) is 54.4 Å². The lowest BCUT2D eigenvalue weighted by atomic mass is 10.1. The summed E-state index contributed by atoms with van der Waals surface area (Å²) < 4.78 is 128. The second-order valence-corrected chi connectivity index (χ2v) is 11.9. The molecule has 0 aliphatic carbocycles. The molecule has 2 heterocycles. The van der Waals surface area contributed by atoms with E-state index in [-0.39, 0.29) is 67.9 Å². The van der Waals surface area contributed by atoms with Crippen LogP contribution >= 0.6 is 11.6 Å². The number of esters is 2. The van der Waals surface area contributed by atoms with E-state index >= 15 is 0 Å². The Morgan fingerprint density at radius 1 is 0.873 bits per heavy atom. The van der Waals surface area contributed by atoms with Crippen LogP contribution in [0.5, 0.6) is 11.5 Å². The van der Waals surface area contributed by atoms with Crippen LogP contribution in [0.2, 0.25) is 5.02 Å². The Morgan fingerprint density at radius 3 is 2.16 bits per heavy atom. The highest BCUT2D eigenvalue weighted by atomic mass is 35.5. The number of aromatic nitrogens is 2. The van der Waals surface area contributed by atoms with Gasteiger partial charge in [-0.05, 0) is 55.3 Å². The Kier molecular flexibility index (Phi) is 14.2. The number of hydrogen-bond donors (Lipinski definition) is 3. The number of benzene rings is 2. The van der Waals surface area contributed by atoms with Gasteiger partial charge in [-0.3, -0.25) is 9.69 Å². The molecule has 1 aliphatic heterocycles. The first kappa shape index (κ1) is 42.4. The van der Waals surface area contributed by atoms with Crippen LogP contribution in [0, 0.1) is 0 Å². The summed E-state index contributed by atoms with van der Waals surface area (Å²) in [7, 11) is 0. The molecular weight excluding hydrogens is 783 g/mol. The third-order valence-electron chi connectivity index (χ3n) is 7.45. The summed E-state index contributed by atoms with van der Waals surface area (Å²) in [5.74, 6) is -4.80. The standard InChI is InChI=1S/C33H30ClF9N6O6/c34-24-17-21(5-6-25(24)55-22-4-1-3-20(16-22)31(35,36)37)48-27-23-15-19(7-9-44-26(23)46-18-47-27)28(50)45-8-2-10-49(11-13-53-29(51)32(38,39)40)12-14-54-30(52)33(41,42)43/h1,3-6,15-18H,2,7-14H2,(H,45,50)(H2,44,46,47,48). The zero-order valence-electron chi connectivity index (χ0n) is 28.1. The summed E-state index contributed by atoms with van der Waals surface area (Å²) in [5.41, 5.74) is 0.181. The minimum absolute atomic E-state index is 0.00144. The first-order valence-electron chi connectivity index (χ1n) is 16.0. The van der Waals surface area contributed by atoms with Crippen LogP contribution in [0.1, 0.15) is 24.0 Å². The highest BCUT2D eigenvalue weighted by Gasteiger charge is 2.41. The van der Waals surface area contributed by atoms with Crippen LogP contribution in [0.4, 0.5) is 56.8 Å². The third-order valence-corrected chi connectivity index (χ3v) is 7.74. The van der Waals surface area contributed by atoms with Gasteiger partial charge in [-0.1, -0.05) is 17.7 Å². The molecule has 3 N–H and O–H groups in total. The molecule has 0 spiro atoms. The SMILES string of the molecule is O=C(NCCCN(CCOC(=O)C(F)(F)F)CCOC(=O)C(F)(F)F)C1=Cc2c(ncnc2Nc2ccc(Oc3cccc(C(F)(F)F)c3)c(Cl)c2)NCC1. The summed E-state index contributed by atoms with van der Waals surface area (Å²) in [6.45, 7) is -1.94. The number of anilines is 3. The Morgan fingerprint density at radius 2 is 1.55 bits per heavy atom. The highest BCUT2D eigenvalue weighted by molar-refractivity contribution is 6.32. The van der Waals surface area contributed by atoms with E-state index in [1.54, 1.807) is 0 Å². The fraction of sp³-hybridized carbons (Fsp3) is 0.364. The predicted molar refractivity (Wildman–Crippen MR) is 177 cm³/mol. The fourth-order valence-corrected chi connectivity index (χ4v) is 5.05. The van der Waals surface area contributed by atoms with E-state index < -0.39 is 55.2 Å². The van der Waals surface area contributed by atoms with Crippen molar-refractivity contribution in [2.24, 2.45) is 0 Å². The minimum atomic E-state index is -5.25. The fourth-order valence-electron chi connectivity index (χ4n) is 4.83. The molecule has 2 aromatic carbocycles. The number of ether oxygens (including phenoxy) is 3. The lowest BCUT2D eigenvalue weighted by Crippen LogP contribution is -2.37. The summed E-state index contributed by atoms with van der Waals surface area (Å²) in [4.78, 5) is 44.9. The molecule has 1 aliphatic rings. The predicted octanol–water partition coefficient (Wildman–Crippen LogP) is 6.90. The molecule has 0 unspecified atom stereocenters. The Labute approximate surface area is 311 Å². The molecule has 1 amide bonds. The summed E-state index contributed by atoms with van der Waals surface area (Å²) >= 11 is 6.38. The molecule has 22 heteroatoms. The van der Waals surface area contributed by atoms with Crippen molar-refractivity contribution in [3.8, 4) is 11.5 Å². The van der Waals surface area contributed by atoms with Crippen LogP contribution in [0.3, 0.4) is 0 Å². The highest BCUT2D eigenvalue weighted by Crippen LogP contribution is 2.37. The monoisotopic (exact) mass is 812 g/mol. The van der Waals surface area contributed by atoms with Crippen LogP contribution in [-0.2, 0) is 30.0 Å². The maximum atomic E-state index is 13.2. The van der Waals surface area contributed by atoms with Crippen molar-refractivity contribution in [3.63, 3.8) is 0 Å². The van der Waals surface area contributed by atoms with Gasteiger partial charge in [0, 0.05) is 44.0 Å². The van der Waals surface area contributed by atoms with E-state index in [0.29, 0.717) is 22.6 Å². The lowest BCUT2D eigenvalue weighted by Gasteiger charge is -2.22. The Hall–Kier alpha value is -5.31. The van der Waals surface area contributed by atoms with Gasteiger partial charge in [-0.2, -0.15) is 39.5 Å². The number of alkyl halides is 9. The quantitative estimate of drug-likeness (QED) is 0.0838. The zero-order chi connectivity index (χ0) is 40.4. The van der Waals surface area contributed by atoms with Crippen molar-refractivity contribution in [2.75, 3.05) is 56.6 Å². The molecule has 12 nitrogen and oxygen atoms in total. The molecule has 3 aromatic rings. The van der Waals surface area contributed by atoms with E-state index in [9.17, 15) is 53.9 Å². The summed E-state index contributed by atoms with van der Waals surface area (Å²) in [6, 6.07) is 8.69. The van der Waals surface area contributed by atoms with Gasteiger partial charge in [0.05, 0.1) is 16.1 Å². The molecule has 4 rings (SSSR count). The third kappa shape index (κ3) is 12.9. The number of carbonyl (C=O) groups is 3. The molecule has 0 atom stereocenters. The van der Waals surface area contributed by atoms with Gasteiger partial charge >= 0.3 is 30.5 Å². The second kappa shape index (κ2) is 18.3. The van der Waals surface area contributed by atoms with Gasteiger partial charge in [0.15, 0.2) is 0 Å². The summed E-state index contributed by atoms with van der Waals surface area (Å²) in [5, 5.41) is 8.89. The number of carbonyl (C=O) groups excluding carboxylic acids is 3. The van der Waals surface area contributed by atoms with E-state index in [0.717, 1.165) is 12.1 Å². The number of amides is 1. The molecule has 0 bridgehead atoms. The smallest absolute Gasteiger partial charge is 0.458 e. The van der Waals surface area contributed by atoms with E-state index in [2.05, 4.69) is 35.4 Å². The lowest BCUT2D eigenvalue weighted by molar-refractivity contribution is -0.201. The van der Waals surface area contributed by atoms with Gasteiger partial charge in [0.25, 0.3) is 0 Å². The number of halogens is 10. The average Bonchev–Trinajstić information content (AvgIpc) is 3.33. The maximum absolute atomic E-state index is 13.2. The maximum Gasteiger partial charge on any atom is 0.490 e. The van der Waals surface area contributed by atoms with Gasteiger partial charge in [0.2, 0.25) is 5.91 Å². The number of nitrogens with one attached hydrogen (secondary N) is 3. The van der Waals surface area contributed by atoms with Crippen LogP contribution in [-0.4, -0.2) is 91.0 Å². The molecule has 55 heavy (non-hydrogen) atoms. The molecular formula is C33H30ClF9N6O6. The molecule has 0 saturated carbocycles. The molecule has 0 saturated heterocycles. The average molecular weight is 813 g/mol. The van der Waals surface area contributed by atoms with Crippen molar-refractivity contribution in [1.29, 1.82) is 0 Å². The van der Waals surface area contributed by atoms with Crippen molar-refractivity contribution in [3.05, 3.63) is 70.5 Å². The van der Waals surface area contributed by atoms with Crippen LogP contribution < -0.4 is 20.7 Å². The first-order chi connectivity index (χ1) is 25.8. The molecule has 298 valence electrons. The number of hydrogen-bond acceptors (Lipinski definition) is 11. The minimum Gasteiger partial charge on any atom is -0.458 e. The molecule has 0 radical (unpaired) electrons. The molecule has 1 aromatic heterocycles. The normalized spacial score (nSPS) is 13.2. The van der Waals surface area contributed by atoms with Gasteiger partial charge in [-0.15, -0.1) is 0 Å². The Bertz CT molecular complexity index is 1840. The Balaban J connectivity index is 1.37. The zero-order valence-corrected chi connectivity index (χ0v) is 28.9. The van der Waals surface area contributed by atoms with E-state index in [1.807, 2.05) is 0 Å². The second-order valence-electron chi connectivity index (χ2n) is 11.4. The van der Waals surface area contributed by atoms with Crippen molar-refractivity contribution >= 4 is 52.8 Å². The van der Waals surface area contributed by atoms with Gasteiger partial charge in [0.1, 0.15) is 42.7 Å². The topological polar surface area (TPSA) is 144 Å². The van der Waals surface area contributed by atoms with E-state index in [4.69, 9.17) is 16.3 Å². The number of rotatable bonds is 15.